The summed E-state index contributed by atoms with van der Waals surface area (Å²) in [6, 6.07) is 14.7. The first-order valence-electron chi connectivity index (χ1n) is 6.62. The Balaban J connectivity index is 1.88. The molecule has 0 radical (unpaired) electrons. The normalized spacial score (nSPS) is 10.4. The first kappa shape index (κ1) is 14.2. The zero-order chi connectivity index (χ0) is 15.5. The Bertz CT molecular complexity index is 883. The molecule has 0 saturated heterocycles. The van der Waals surface area contributed by atoms with Crippen LogP contribution in [0.15, 0.2) is 48.5 Å². The SMILES string of the molecule is Cc1ccccc1C(=O)Nc1cccc(-n2[nH]nnc2=S)c1. The summed E-state index contributed by atoms with van der Waals surface area (Å²) in [6.45, 7) is 1.90. The highest BCUT2D eigenvalue weighted by atomic mass is 32.1. The second-order valence-corrected chi connectivity index (χ2v) is 5.10. The van der Waals surface area contributed by atoms with E-state index in [0.717, 1.165) is 11.3 Å². The minimum Gasteiger partial charge on any atom is -0.322 e. The number of nitrogens with zero attached hydrogens (tertiary/aromatic N) is 3. The quantitative estimate of drug-likeness (QED) is 0.729. The molecule has 3 aromatic rings. The van der Waals surface area contributed by atoms with E-state index in [-0.39, 0.29) is 5.91 Å². The number of carbonyl (C=O) groups excluding carboxylic acids is 1. The molecular weight excluding hydrogens is 298 g/mol. The van der Waals surface area contributed by atoms with Gasteiger partial charge in [-0.25, -0.2) is 4.68 Å². The number of benzene rings is 2. The fourth-order valence-electron chi connectivity index (χ4n) is 2.11. The molecule has 22 heavy (non-hydrogen) atoms. The van der Waals surface area contributed by atoms with Gasteiger partial charge in [0.2, 0.25) is 4.77 Å². The summed E-state index contributed by atoms with van der Waals surface area (Å²) in [5.41, 5.74) is 2.99. The molecule has 0 fully saturated rings. The zero-order valence-electron chi connectivity index (χ0n) is 11.8. The average molecular weight is 311 g/mol. The first-order valence-corrected chi connectivity index (χ1v) is 7.03. The highest BCUT2D eigenvalue weighted by Crippen LogP contribution is 2.16. The number of H-pyrrole nitrogens is 1. The van der Waals surface area contributed by atoms with Crippen LogP contribution >= 0.6 is 12.2 Å². The standard InChI is InChI=1S/C15H13N5OS/c1-10-5-2-3-8-13(10)14(21)16-11-6-4-7-12(9-11)20-15(22)17-18-19-20/h2-9H,1H3,(H,16,21)(H,17,19,22). The van der Waals surface area contributed by atoms with Gasteiger partial charge in [-0.15, -0.1) is 0 Å². The second kappa shape index (κ2) is 5.90. The summed E-state index contributed by atoms with van der Waals surface area (Å²) in [4.78, 5) is 12.3. The summed E-state index contributed by atoms with van der Waals surface area (Å²) in [7, 11) is 0. The number of aromatic nitrogens is 4. The van der Waals surface area contributed by atoms with Gasteiger partial charge in [-0.05, 0) is 49.0 Å². The second-order valence-electron chi connectivity index (χ2n) is 4.74. The number of rotatable bonds is 3. The highest BCUT2D eigenvalue weighted by molar-refractivity contribution is 7.71. The molecule has 3 rings (SSSR count). The molecule has 0 unspecified atom stereocenters. The van der Waals surface area contributed by atoms with E-state index in [1.807, 2.05) is 43.3 Å². The molecule has 110 valence electrons. The predicted molar refractivity (Wildman–Crippen MR) is 85.7 cm³/mol. The van der Waals surface area contributed by atoms with Crippen LogP contribution in [0.1, 0.15) is 15.9 Å². The van der Waals surface area contributed by atoms with Crippen LogP contribution in [-0.4, -0.2) is 26.1 Å². The lowest BCUT2D eigenvalue weighted by Crippen LogP contribution is -2.13. The Hall–Kier alpha value is -2.80. The van der Waals surface area contributed by atoms with Gasteiger partial charge in [0.1, 0.15) is 0 Å². The lowest BCUT2D eigenvalue weighted by atomic mass is 10.1. The van der Waals surface area contributed by atoms with Crippen LogP contribution in [0.3, 0.4) is 0 Å². The number of hydrogen-bond donors (Lipinski definition) is 2. The van der Waals surface area contributed by atoms with Crippen molar-refractivity contribution in [2.45, 2.75) is 6.92 Å². The number of aromatic amines is 1. The van der Waals surface area contributed by atoms with Crippen molar-refractivity contribution in [3.05, 3.63) is 64.4 Å². The molecule has 0 aliphatic heterocycles. The summed E-state index contributed by atoms with van der Waals surface area (Å²) in [5, 5.41) is 12.9. The number of amides is 1. The van der Waals surface area contributed by atoms with E-state index in [4.69, 9.17) is 12.2 Å². The van der Waals surface area contributed by atoms with E-state index in [0.29, 0.717) is 16.0 Å². The molecule has 2 N–H and O–H groups in total. The molecule has 0 atom stereocenters. The Labute approximate surface area is 131 Å². The van der Waals surface area contributed by atoms with E-state index in [9.17, 15) is 4.79 Å². The number of aryl methyl sites for hydroxylation is 1. The van der Waals surface area contributed by atoms with Crippen molar-refractivity contribution in [3.8, 4) is 5.69 Å². The van der Waals surface area contributed by atoms with Gasteiger partial charge in [0.15, 0.2) is 0 Å². The van der Waals surface area contributed by atoms with Crippen LogP contribution in [0.5, 0.6) is 0 Å². The molecule has 6 nitrogen and oxygen atoms in total. The van der Waals surface area contributed by atoms with Crippen molar-refractivity contribution in [1.29, 1.82) is 0 Å². The van der Waals surface area contributed by atoms with Crippen LogP contribution in [0.4, 0.5) is 5.69 Å². The molecule has 0 spiro atoms. The molecule has 1 amide bonds. The Morgan fingerprint density at radius 2 is 2.05 bits per heavy atom. The van der Waals surface area contributed by atoms with Gasteiger partial charge >= 0.3 is 0 Å². The van der Waals surface area contributed by atoms with Crippen molar-refractivity contribution in [3.63, 3.8) is 0 Å². The molecule has 1 heterocycles. The lowest BCUT2D eigenvalue weighted by molar-refractivity contribution is 0.102. The van der Waals surface area contributed by atoms with E-state index in [1.54, 1.807) is 16.8 Å². The van der Waals surface area contributed by atoms with E-state index in [2.05, 4.69) is 20.8 Å². The maximum absolute atomic E-state index is 12.3. The maximum atomic E-state index is 12.3. The van der Waals surface area contributed by atoms with E-state index >= 15 is 0 Å². The molecule has 0 aliphatic carbocycles. The Morgan fingerprint density at radius 3 is 2.77 bits per heavy atom. The van der Waals surface area contributed by atoms with Crippen molar-refractivity contribution < 1.29 is 4.79 Å². The smallest absolute Gasteiger partial charge is 0.255 e. The third kappa shape index (κ3) is 2.79. The number of anilines is 1. The van der Waals surface area contributed by atoms with Gasteiger partial charge in [0, 0.05) is 11.3 Å². The van der Waals surface area contributed by atoms with Gasteiger partial charge in [-0.3, -0.25) is 4.79 Å². The average Bonchev–Trinajstić information content (AvgIpc) is 2.94. The first-order chi connectivity index (χ1) is 10.6. The summed E-state index contributed by atoms with van der Waals surface area (Å²) < 4.78 is 1.88. The Morgan fingerprint density at radius 1 is 1.23 bits per heavy atom. The number of nitrogens with one attached hydrogen (secondary N) is 2. The fraction of sp³-hybridized carbons (Fsp3) is 0.0667. The van der Waals surface area contributed by atoms with Gasteiger partial charge in [0.05, 0.1) is 5.69 Å². The zero-order valence-corrected chi connectivity index (χ0v) is 12.6. The van der Waals surface area contributed by atoms with Crippen LogP contribution in [0, 0.1) is 11.7 Å². The third-order valence-corrected chi connectivity index (χ3v) is 3.49. The molecule has 2 aromatic carbocycles. The topological polar surface area (TPSA) is 75.6 Å². The molecule has 1 aromatic heterocycles. The molecule has 0 aliphatic rings. The van der Waals surface area contributed by atoms with Crippen molar-refractivity contribution in [2.24, 2.45) is 0 Å². The number of tetrazole rings is 1. The van der Waals surface area contributed by atoms with Crippen LogP contribution in [0.2, 0.25) is 0 Å². The van der Waals surface area contributed by atoms with E-state index < -0.39 is 0 Å². The van der Waals surface area contributed by atoms with Crippen molar-refractivity contribution >= 4 is 23.8 Å². The fourth-order valence-corrected chi connectivity index (χ4v) is 2.30. The van der Waals surface area contributed by atoms with Crippen LogP contribution < -0.4 is 5.32 Å². The minimum atomic E-state index is -0.151. The summed E-state index contributed by atoms with van der Waals surface area (Å²) >= 11 is 5.06. The van der Waals surface area contributed by atoms with Gasteiger partial charge in [-0.1, -0.05) is 34.6 Å². The highest BCUT2D eigenvalue weighted by Gasteiger charge is 2.09. The van der Waals surface area contributed by atoms with Crippen molar-refractivity contribution in [1.82, 2.24) is 20.2 Å². The number of carbonyl (C=O) groups is 1. The summed E-state index contributed by atoms with van der Waals surface area (Å²) in [6.07, 6.45) is 0. The Kier molecular flexibility index (Phi) is 3.80. The molecule has 7 heteroatoms. The van der Waals surface area contributed by atoms with Gasteiger partial charge in [0.25, 0.3) is 5.91 Å². The van der Waals surface area contributed by atoms with Crippen molar-refractivity contribution in [2.75, 3.05) is 5.32 Å². The van der Waals surface area contributed by atoms with Gasteiger partial charge < -0.3 is 5.32 Å². The largest absolute Gasteiger partial charge is 0.322 e. The lowest BCUT2D eigenvalue weighted by Gasteiger charge is -2.09. The number of hydrogen-bond acceptors (Lipinski definition) is 4. The van der Waals surface area contributed by atoms with Crippen LogP contribution in [-0.2, 0) is 0 Å². The maximum Gasteiger partial charge on any atom is 0.255 e. The summed E-state index contributed by atoms with van der Waals surface area (Å²) in [5.74, 6) is -0.151. The van der Waals surface area contributed by atoms with Gasteiger partial charge in [-0.2, -0.15) is 5.21 Å². The van der Waals surface area contributed by atoms with Crippen LogP contribution in [0.25, 0.3) is 5.69 Å². The molecule has 0 bridgehead atoms. The minimum absolute atomic E-state index is 0.151. The monoisotopic (exact) mass is 311 g/mol. The molecule has 0 saturated carbocycles. The predicted octanol–water partition coefficient (Wildman–Crippen LogP) is 2.89. The molecular formula is C15H13N5OS. The third-order valence-electron chi connectivity index (χ3n) is 3.22. The van der Waals surface area contributed by atoms with E-state index in [1.165, 1.54) is 0 Å².